The SMILES string of the molecule is CCOC(=O)c1cnn2c(O)c(C(=O)N3CCC(c4ccc(F)cc4)CC3)cnc12. The maximum absolute atomic E-state index is 13.1. The number of aromatic nitrogens is 3. The highest BCUT2D eigenvalue weighted by Gasteiger charge is 2.28. The summed E-state index contributed by atoms with van der Waals surface area (Å²) in [5.74, 6) is -1.34. The molecule has 1 N–H and O–H groups in total. The van der Waals surface area contributed by atoms with Crippen LogP contribution in [0.2, 0.25) is 0 Å². The summed E-state index contributed by atoms with van der Waals surface area (Å²) in [5, 5.41) is 14.5. The highest BCUT2D eigenvalue weighted by atomic mass is 19.1. The predicted octanol–water partition coefficient (Wildman–Crippen LogP) is 2.77. The second-order valence-corrected chi connectivity index (χ2v) is 7.13. The highest BCUT2D eigenvalue weighted by Crippen LogP contribution is 2.30. The van der Waals surface area contributed by atoms with Gasteiger partial charge >= 0.3 is 5.97 Å². The molecule has 8 nitrogen and oxygen atoms in total. The molecule has 1 aromatic carbocycles. The van der Waals surface area contributed by atoms with Gasteiger partial charge in [-0.3, -0.25) is 4.79 Å². The van der Waals surface area contributed by atoms with Gasteiger partial charge in [0.2, 0.25) is 5.88 Å². The van der Waals surface area contributed by atoms with Crippen molar-refractivity contribution in [2.75, 3.05) is 19.7 Å². The van der Waals surface area contributed by atoms with Gasteiger partial charge in [0.25, 0.3) is 5.91 Å². The fourth-order valence-electron chi connectivity index (χ4n) is 3.74. The molecule has 30 heavy (non-hydrogen) atoms. The highest BCUT2D eigenvalue weighted by molar-refractivity contribution is 5.98. The van der Waals surface area contributed by atoms with Gasteiger partial charge in [0, 0.05) is 19.3 Å². The first-order valence-corrected chi connectivity index (χ1v) is 9.77. The first-order valence-electron chi connectivity index (χ1n) is 9.77. The molecule has 3 aromatic rings. The summed E-state index contributed by atoms with van der Waals surface area (Å²) in [5.41, 5.74) is 1.31. The van der Waals surface area contributed by atoms with Gasteiger partial charge in [-0.2, -0.15) is 9.61 Å². The molecule has 1 aliphatic rings. The van der Waals surface area contributed by atoms with Crippen molar-refractivity contribution in [3.05, 3.63) is 59.2 Å². The monoisotopic (exact) mass is 412 g/mol. The third-order valence-corrected chi connectivity index (χ3v) is 5.35. The molecule has 0 aliphatic carbocycles. The van der Waals surface area contributed by atoms with E-state index in [1.807, 2.05) is 0 Å². The molecular weight excluding hydrogens is 391 g/mol. The first kappa shape index (κ1) is 19.8. The zero-order chi connectivity index (χ0) is 21.3. The number of hydrogen-bond acceptors (Lipinski definition) is 6. The van der Waals surface area contributed by atoms with Gasteiger partial charge < -0.3 is 14.7 Å². The number of likely N-dealkylation sites (tertiary alicyclic amines) is 1. The lowest BCUT2D eigenvalue weighted by Gasteiger charge is -2.32. The zero-order valence-corrected chi connectivity index (χ0v) is 16.4. The molecule has 1 saturated heterocycles. The van der Waals surface area contributed by atoms with Crippen molar-refractivity contribution >= 4 is 17.5 Å². The summed E-state index contributed by atoms with van der Waals surface area (Å²) in [6.07, 6.45) is 3.98. The van der Waals surface area contributed by atoms with Crippen LogP contribution in [0.4, 0.5) is 4.39 Å². The van der Waals surface area contributed by atoms with E-state index in [0.717, 1.165) is 22.9 Å². The number of amides is 1. The van der Waals surface area contributed by atoms with Gasteiger partial charge in [-0.1, -0.05) is 12.1 Å². The van der Waals surface area contributed by atoms with Crippen LogP contribution in [-0.4, -0.2) is 56.2 Å². The molecule has 2 aromatic heterocycles. The van der Waals surface area contributed by atoms with Crippen molar-refractivity contribution in [3.63, 3.8) is 0 Å². The van der Waals surface area contributed by atoms with E-state index in [9.17, 15) is 19.1 Å². The molecule has 0 atom stereocenters. The molecule has 156 valence electrons. The van der Waals surface area contributed by atoms with Crippen molar-refractivity contribution < 1.29 is 23.8 Å². The molecule has 1 aliphatic heterocycles. The Hall–Kier alpha value is -3.49. The van der Waals surface area contributed by atoms with Crippen LogP contribution in [-0.2, 0) is 4.74 Å². The lowest BCUT2D eigenvalue weighted by molar-refractivity contribution is 0.0528. The van der Waals surface area contributed by atoms with Crippen LogP contribution in [0.15, 0.2) is 36.7 Å². The number of piperidine rings is 1. The minimum absolute atomic E-state index is 0.0150. The van der Waals surface area contributed by atoms with E-state index in [1.54, 1.807) is 24.0 Å². The summed E-state index contributed by atoms with van der Waals surface area (Å²) in [6.45, 7) is 2.90. The van der Waals surface area contributed by atoms with E-state index in [2.05, 4.69) is 10.1 Å². The molecule has 1 amide bonds. The van der Waals surface area contributed by atoms with Crippen molar-refractivity contribution in [1.82, 2.24) is 19.5 Å². The molecule has 0 bridgehead atoms. The van der Waals surface area contributed by atoms with E-state index >= 15 is 0 Å². The van der Waals surface area contributed by atoms with Crippen LogP contribution in [0.1, 0.15) is 52.0 Å². The minimum atomic E-state index is -0.596. The number of esters is 1. The van der Waals surface area contributed by atoms with E-state index in [-0.39, 0.29) is 46.9 Å². The van der Waals surface area contributed by atoms with Gasteiger partial charge in [0.15, 0.2) is 5.65 Å². The number of rotatable bonds is 4. The number of benzene rings is 1. The number of carbonyl (C=O) groups is 2. The number of ether oxygens (including phenoxy) is 1. The quantitative estimate of drug-likeness (QED) is 0.662. The molecule has 4 rings (SSSR count). The summed E-state index contributed by atoms with van der Waals surface area (Å²) in [7, 11) is 0. The molecule has 0 unspecified atom stereocenters. The number of hydrogen-bond donors (Lipinski definition) is 1. The van der Waals surface area contributed by atoms with E-state index in [4.69, 9.17) is 4.74 Å². The number of carbonyl (C=O) groups excluding carboxylic acids is 2. The summed E-state index contributed by atoms with van der Waals surface area (Å²) in [6, 6.07) is 6.45. The Bertz CT molecular complexity index is 1090. The second-order valence-electron chi connectivity index (χ2n) is 7.13. The minimum Gasteiger partial charge on any atom is -0.493 e. The molecule has 1 fully saturated rings. The number of halogens is 1. The van der Waals surface area contributed by atoms with Crippen LogP contribution in [0.3, 0.4) is 0 Å². The van der Waals surface area contributed by atoms with Crippen molar-refractivity contribution in [1.29, 1.82) is 0 Å². The number of fused-ring (bicyclic) bond motifs is 1. The molecule has 9 heteroatoms. The Morgan fingerprint density at radius 2 is 1.87 bits per heavy atom. The lowest BCUT2D eigenvalue weighted by atomic mass is 9.89. The van der Waals surface area contributed by atoms with E-state index in [1.165, 1.54) is 24.5 Å². The average Bonchev–Trinajstić information content (AvgIpc) is 3.20. The molecule has 3 heterocycles. The van der Waals surface area contributed by atoms with Crippen LogP contribution in [0.5, 0.6) is 5.88 Å². The van der Waals surface area contributed by atoms with E-state index < -0.39 is 5.97 Å². The van der Waals surface area contributed by atoms with Crippen LogP contribution in [0.25, 0.3) is 5.65 Å². The van der Waals surface area contributed by atoms with Crippen LogP contribution >= 0.6 is 0 Å². The van der Waals surface area contributed by atoms with Crippen molar-refractivity contribution in [2.45, 2.75) is 25.7 Å². The van der Waals surface area contributed by atoms with Gasteiger partial charge in [-0.05, 0) is 43.4 Å². The molecular formula is C21H21FN4O4. The van der Waals surface area contributed by atoms with Gasteiger partial charge in [-0.25, -0.2) is 14.2 Å². The third kappa shape index (κ3) is 3.58. The largest absolute Gasteiger partial charge is 0.493 e. The van der Waals surface area contributed by atoms with E-state index in [0.29, 0.717) is 13.1 Å². The number of aromatic hydroxyl groups is 1. The van der Waals surface area contributed by atoms with Gasteiger partial charge in [0.05, 0.1) is 12.8 Å². The zero-order valence-electron chi connectivity index (χ0n) is 16.4. The van der Waals surface area contributed by atoms with Crippen LogP contribution < -0.4 is 0 Å². The first-order chi connectivity index (χ1) is 14.5. The molecule has 0 spiro atoms. The normalized spacial score (nSPS) is 14.8. The Balaban J connectivity index is 1.50. The molecule has 0 saturated carbocycles. The van der Waals surface area contributed by atoms with Crippen LogP contribution in [0, 0.1) is 5.82 Å². The van der Waals surface area contributed by atoms with Gasteiger partial charge in [-0.15, -0.1) is 0 Å². The fraction of sp³-hybridized carbons (Fsp3) is 0.333. The third-order valence-electron chi connectivity index (χ3n) is 5.35. The Morgan fingerprint density at radius 1 is 1.17 bits per heavy atom. The predicted molar refractivity (Wildman–Crippen MR) is 105 cm³/mol. The molecule has 0 radical (unpaired) electrons. The Labute approximate surface area is 171 Å². The standard InChI is InChI=1S/C21H21FN4O4/c1-2-30-21(29)16-12-24-26-18(16)23-11-17(20(26)28)19(27)25-9-7-14(8-10-25)13-3-5-15(22)6-4-13/h3-6,11-12,14,28H,2,7-10H2,1H3. The van der Waals surface area contributed by atoms with Crippen molar-refractivity contribution in [2.24, 2.45) is 0 Å². The average molecular weight is 412 g/mol. The topological polar surface area (TPSA) is 97.0 Å². The number of nitrogens with zero attached hydrogens (tertiary/aromatic N) is 4. The maximum Gasteiger partial charge on any atom is 0.343 e. The van der Waals surface area contributed by atoms with Gasteiger partial charge in [0.1, 0.15) is 16.9 Å². The Kier molecular flexibility index (Phi) is 5.35. The second kappa shape index (κ2) is 8.10. The Morgan fingerprint density at radius 3 is 2.53 bits per heavy atom. The summed E-state index contributed by atoms with van der Waals surface area (Å²) >= 11 is 0. The van der Waals surface area contributed by atoms with Crippen molar-refractivity contribution in [3.8, 4) is 5.88 Å². The summed E-state index contributed by atoms with van der Waals surface area (Å²) in [4.78, 5) is 30.7. The maximum atomic E-state index is 13.1. The lowest BCUT2D eigenvalue weighted by Crippen LogP contribution is -2.38. The fourth-order valence-corrected chi connectivity index (χ4v) is 3.74. The smallest absolute Gasteiger partial charge is 0.343 e. The summed E-state index contributed by atoms with van der Waals surface area (Å²) < 4.78 is 19.1.